The van der Waals surface area contributed by atoms with Gasteiger partial charge < -0.3 is 4.90 Å². The van der Waals surface area contributed by atoms with Crippen LogP contribution in [-0.4, -0.2) is 26.3 Å². The monoisotopic (exact) mass is 445 g/mol. The molecule has 1 unspecified atom stereocenters. The second-order valence-corrected chi connectivity index (χ2v) is 8.90. The van der Waals surface area contributed by atoms with E-state index in [1.54, 1.807) is 11.8 Å². The van der Waals surface area contributed by atoms with E-state index in [0.29, 0.717) is 17.3 Å². The number of thioether (sulfide) groups is 1. The van der Waals surface area contributed by atoms with Crippen LogP contribution in [0.5, 0.6) is 0 Å². The van der Waals surface area contributed by atoms with E-state index < -0.39 is 0 Å². The fraction of sp³-hybridized carbons (Fsp3) is 0.120. The Labute approximate surface area is 190 Å². The van der Waals surface area contributed by atoms with Gasteiger partial charge in [-0.3, -0.25) is 4.79 Å². The van der Waals surface area contributed by atoms with Gasteiger partial charge in [-0.05, 0) is 29.8 Å². The number of nitrogens with zero attached hydrogens (tertiary/aromatic N) is 3. The highest BCUT2D eigenvalue weighted by atomic mass is 35.5. The molecular weight excluding hydrogens is 426 g/mol. The standard InChI is InChI=1S/C25H20ClN3OS/c26-20-13-11-19(12-14-20)24-22(16-29(27-24)21-9-5-2-6-10-21)25-28(23(30)17-31-25)15-18-7-3-1-4-8-18/h1-14,16,25H,15,17H2. The zero-order valence-electron chi connectivity index (χ0n) is 16.7. The average Bonchev–Trinajstić information content (AvgIpc) is 3.40. The molecule has 1 atom stereocenters. The molecule has 4 nitrogen and oxygen atoms in total. The van der Waals surface area contributed by atoms with Gasteiger partial charge in [-0.15, -0.1) is 11.8 Å². The Morgan fingerprint density at radius 2 is 1.61 bits per heavy atom. The lowest BCUT2D eigenvalue weighted by molar-refractivity contribution is -0.128. The van der Waals surface area contributed by atoms with Crippen molar-refractivity contribution in [1.29, 1.82) is 0 Å². The number of carbonyl (C=O) groups is 1. The van der Waals surface area contributed by atoms with Gasteiger partial charge in [0.15, 0.2) is 0 Å². The lowest BCUT2D eigenvalue weighted by atomic mass is 10.1. The van der Waals surface area contributed by atoms with E-state index >= 15 is 0 Å². The molecule has 1 saturated heterocycles. The molecule has 0 aliphatic carbocycles. The number of aromatic nitrogens is 2. The molecule has 1 aliphatic heterocycles. The highest BCUT2D eigenvalue weighted by Crippen LogP contribution is 2.43. The van der Waals surface area contributed by atoms with Crippen molar-refractivity contribution in [2.75, 3.05) is 5.75 Å². The van der Waals surface area contributed by atoms with Crippen LogP contribution in [0.15, 0.2) is 91.1 Å². The number of hydrogen-bond acceptors (Lipinski definition) is 3. The second-order valence-electron chi connectivity index (χ2n) is 7.39. The van der Waals surface area contributed by atoms with E-state index in [0.717, 1.165) is 28.1 Å². The molecule has 3 aromatic carbocycles. The predicted molar refractivity (Wildman–Crippen MR) is 126 cm³/mol. The van der Waals surface area contributed by atoms with Crippen molar-refractivity contribution in [3.8, 4) is 16.9 Å². The van der Waals surface area contributed by atoms with Crippen LogP contribution in [0.2, 0.25) is 5.02 Å². The van der Waals surface area contributed by atoms with Gasteiger partial charge in [0.25, 0.3) is 0 Å². The summed E-state index contributed by atoms with van der Waals surface area (Å²) in [6.07, 6.45) is 2.05. The summed E-state index contributed by atoms with van der Waals surface area (Å²) in [5.41, 5.74) is 4.97. The van der Waals surface area contributed by atoms with Crippen molar-refractivity contribution in [3.63, 3.8) is 0 Å². The molecule has 4 aromatic rings. The van der Waals surface area contributed by atoms with Crippen LogP contribution in [0.4, 0.5) is 0 Å². The third-order valence-corrected chi connectivity index (χ3v) is 6.80. The van der Waals surface area contributed by atoms with Crippen LogP contribution >= 0.6 is 23.4 Å². The first kappa shape index (κ1) is 19.9. The minimum absolute atomic E-state index is 0.101. The number of amides is 1. The molecule has 0 saturated carbocycles. The summed E-state index contributed by atoms with van der Waals surface area (Å²) in [7, 11) is 0. The van der Waals surface area contributed by atoms with Crippen molar-refractivity contribution >= 4 is 29.3 Å². The molecule has 0 bridgehead atoms. The number of halogens is 1. The summed E-state index contributed by atoms with van der Waals surface area (Å²) >= 11 is 7.77. The molecule has 6 heteroatoms. The Morgan fingerprint density at radius 1 is 0.935 bits per heavy atom. The summed E-state index contributed by atoms with van der Waals surface area (Å²) < 4.78 is 1.89. The number of rotatable bonds is 5. The summed E-state index contributed by atoms with van der Waals surface area (Å²) in [4.78, 5) is 14.7. The zero-order chi connectivity index (χ0) is 21.2. The quantitative estimate of drug-likeness (QED) is 0.380. The Morgan fingerprint density at radius 3 is 2.32 bits per heavy atom. The molecule has 5 rings (SSSR count). The topological polar surface area (TPSA) is 38.1 Å². The molecule has 0 N–H and O–H groups in total. The van der Waals surface area contributed by atoms with Crippen LogP contribution in [0, 0.1) is 0 Å². The van der Waals surface area contributed by atoms with Crippen LogP contribution in [0.1, 0.15) is 16.5 Å². The van der Waals surface area contributed by atoms with Crippen LogP contribution in [0.25, 0.3) is 16.9 Å². The summed E-state index contributed by atoms with van der Waals surface area (Å²) in [5, 5.41) is 5.50. The molecular formula is C25H20ClN3OS. The van der Waals surface area contributed by atoms with E-state index in [1.165, 1.54) is 0 Å². The van der Waals surface area contributed by atoms with Crippen molar-refractivity contribution in [3.05, 3.63) is 107 Å². The normalized spacial score (nSPS) is 16.1. The molecule has 1 fully saturated rings. The minimum atomic E-state index is -0.101. The van der Waals surface area contributed by atoms with Crippen molar-refractivity contribution in [2.45, 2.75) is 11.9 Å². The number of hydrogen-bond donors (Lipinski definition) is 0. The first-order valence-electron chi connectivity index (χ1n) is 10.0. The number of carbonyl (C=O) groups excluding carboxylic acids is 1. The maximum absolute atomic E-state index is 12.8. The molecule has 2 heterocycles. The number of para-hydroxylation sites is 1. The number of benzene rings is 3. The van der Waals surface area contributed by atoms with Gasteiger partial charge in [0.2, 0.25) is 5.91 Å². The lowest BCUT2D eigenvalue weighted by Gasteiger charge is -2.24. The van der Waals surface area contributed by atoms with Crippen LogP contribution in [0.3, 0.4) is 0 Å². The predicted octanol–water partition coefficient (Wildman–Crippen LogP) is 5.97. The lowest BCUT2D eigenvalue weighted by Crippen LogP contribution is -2.27. The van der Waals surface area contributed by atoms with Gasteiger partial charge in [0.05, 0.1) is 17.1 Å². The van der Waals surface area contributed by atoms with E-state index in [4.69, 9.17) is 16.7 Å². The second kappa shape index (κ2) is 8.61. The van der Waals surface area contributed by atoms with Crippen molar-refractivity contribution < 1.29 is 4.79 Å². The fourth-order valence-electron chi connectivity index (χ4n) is 3.78. The Balaban J connectivity index is 1.58. The third-order valence-electron chi connectivity index (χ3n) is 5.31. The Kier molecular flexibility index (Phi) is 5.53. The highest BCUT2D eigenvalue weighted by Gasteiger charge is 2.35. The summed E-state index contributed by atoms with van der Waals surface area (Å²) in [5.74, 6) is 0.613. The molecule has 1 aromatic heterocycles. The Bertz CT molecular complexity index is 1190. The van der Waals surface area contributed by atoms with Gasteiger partial charge in [-0.1, -0.05) is 72.3 Å². The molecule has 0 spiro atoms. The van der Waals surface area contributed by atoms with Gasteiger partial charge in [0, 0.05) is 28.9 Å². The summed E-state index contributed by atoms with van der Waals surface area (Å²) in [6, 6.07) is 27.8. The smallest absolute Gasteiger partial charge is 0.234 e. The summed E-state index contributed by atoms with van der Waals surface area (Å²) in [6.45, 7) is 0.577. The van der Waals surface area contributed by atoms with Gasteiger partial charge in [0.1, 0.15) is 5.37 Å². The first-order valence-corrected chi connectivity index (χ1v) is 11.5. The van der Waals surface area contributed by atoms with E-state index in [1.807, 2.05) is 88.6 Å². The third kappa shape index (κ3) is 4.11. The van der Waals surface area contributed by atoms with Gasteiger partial charge in [-0.25, -0.2) is 4.68 Å². The molecule has 31 heavy (non-hydrogen) atoms. The zero-order valence-corrected chi connectivity index (χ0v) is 18.3. The van der Waals surface area contributed by atoms with Gasteiger partial charge >= 0.3 is 0 Å². The van der Waals surface area contributed by atoms with Crippen molar-refractivity contribution in [2.24, 2.45) is 0 Å². The SMILES string of the molecule is O=C1CSC(c2cn(-c3ccccc3)nc2-c2ccc(Cl)cc2)N1Cc1ccccc1. The van der Waals surface area contributed by atoms with E-state index in [-0.39, 0.29) is 11.3 Å². The maximum atomic E-state index is 12.8. The van der Waals surface area contributed by atoms with Crippen molar-refractivity contribution in [1.82, 2.24) is 14.7 Å². The Hall–Kier alpha value is -3.02. The minimum Gasteiger partial charge on any atom is -0.321 e. The van der Waals surface area contributed by atoms with Crippen LogP contribution < -0.4 is 0 Å². The van der Waals surface area contributed by atoms with Crippen LogP contribution in [-0.2, 0) is 11.3 Å². The van der Waals surface area contributed by atoms with E-state index in [2.05, 4.69) is 12.1 Å². The molecule has 1 amide bonds. The highest BCUT2D eigenvalue weighted by molar-refractivity contribution is 8.00. The fourth-order valence-corrected chi connectivity index (χ4v) is 5.09. The molecule has 154 valence electrons. The average molecular weight is 446 g/mol. The molecule has 0 radical (unpaired) electrons. The first-order chi connectivity index (χ1) is 15.2. The molecule has 1 aliphatic rings. The van der Waals surface area contributed by atoms with E-state index in [9.17, 15) is 4.79 Å². The largest absolute Gasteiger partial charge is 0.321 e. The van der Waals surface area contributed by atoms with Gasteiger partial charge in [-0.2, -0.15) is 5.10 Å². The maximum Gasteiger partial charge on any atom is 0.234 e.